The minimum absolute atomic E-state index is 0.199. The lowest BCUT2D eigenvalue weighted by molar-refractivity contribution is 0.0240. The number of carbonyl (C=O) groups excluding carboxylic acids is 1. The van der Waals surface area contributed by atoms with E-state index in [1.54, 1.807) is 11.1 Å². The van der Waals surface area contributed by atoms with E-state index in [1.807, 2.05) is 45.0 Å². The van der Waals surface area contributed by atoms with Crippen LogP contribution in [0.5, 0.6) is 0 Å². The molecule has 0 aliphatic carbocycles. The predicted molar refractivity (Wildman–Crippen MR) is 96.1 cm³/mol. The van der Waals surface area contributed by atoms with Gasteiger partial charge in [0.25, 0.3) is 0 Å². The number of nitrogens with zero attached hydrogens (tertiary/aromatic N) is 3. The van der Waals surface area contributed by atoms with E-state index in [0.29, 0.717) is 13.1 Å². The maximum absolute atomic E-state index is 12.9. The van der Waals surface area contributed by atoms with Crippen molar-refractivity contribution in [2.24, 2.45) is 0 Å². The summed E-state index contributed by atoms with van der Waals surface area (Å²) in [6.45, 7) is 8.30. The highest BCUT2D eigenvalue weighted by molar-refractivity contribution is 7.92. The molecular weight excluding hydrogens is 329 g/mol. The molecule has 1 aromatic heterocycles. The number of rotatable bonds is 2. The molecule has 0 spiro atoms. The molecule has 24 heavy (non-hydrogen) atoms. The molecule has 5 nitrogen and oxygen atoms in total. The monoisotopic (exact) mass is 351 g/mol. The summed E-state index contributed by atoms with van der Waals surface area (Å²) >= 11 is 0.199. The summed E-state index contributed by atoms with van der Waals surface area (Å²) in [5, 5.41) is 1.01. The van der Waals surface area contributed by atoms with E-state index in [4.69, 9.17) is 4.74 Å². The van der Waals surface area contributed by atoms with Crippen LogP contribution < -0.4 is 4.90 Å². The Morgan fingerprint density at radius 1 is 1.17 bits per heavy atom. The summed E-state index contributed by atoms with van der Waals surface area (Å²) in [5.41, 5.74) is 1.42. The number of carbonyl (C=O) groups is 1. The van der Waals surface area contributed by atoms with Gasteiger partial charge < -0.3 is 14.5 Å². The van der Waals surface area contributed by atoms with Crippen LogP contribution in [0.4, 0.5) is 14.4 Å². The Hall–Kier alpha value is -1.89. The number of ether oxygens (including phenoxy) is 1. The van der Waals surface area contributed by atoms with Crippen LogP contribution in [0.3, 0.4) is 0 Å². The highest BCUT2D eigenvalue weighted by atomic mass is 32.2. The first kappa shape index (κ1) is 17.0. The van der Waals surface area contributed by atoms with Crippen molar-refractivity contribution in [2.75, 3.05) is 31.1 Å². The van der Waals surface area contributed by atoms with Gasteiger partial charge in [-0.15, -0.1) is 3.89 Å². The maximum atomic E-state index is 12.9. The molecule has 130 valence electrons. The molecule has 0 radical (unpaired) electrons. The molecule has 1 aliphatic rings. The average molecular weight is 351 g/mol. The summed E-state index contributed by atoms with van der Waals surface area (Å²) < 4.78 is 19.9. The zero-order valence-electron chi connectivity index (χ0n) is 14.2. The smallest absolute Gasteiger partial charge is 0.410 e. The molecule has 7 heteroatoms. The van der Waals surface area contributed by atoms with Gasteiger partial charge >= 0.3 is 6.09 Å². The van der Waals surface area contributed by atoms with E-state index in [-0.39, 0.29) is 18.4 Å². The number of hydrogen-bond acceptors (Lipinski definition) is 4. The van der Waals surface area contributed by atoms with Gasteiger partial charge in [0.05, 0.1) is 5.52 Å². The van der Waals surface area contributed by atoms with Crippen molar-refractivity contribution in [1.29, 1.82) is 0 Å². The standard InChI is InChI=1S/C17H22FN3O2S/c1-17(2,3)23-16(22)20-10-8-19(9-11-20)14-5-4-13-6-7-21(24-18)15(13)12-14/h4-7,12H,8-11H2,1-3H3. The summed E-state index contributed by atoms with van der Waals surface area (Å²) in [7, 11) is 0. The van der Waals surface area contributed by atoms with Gasteiger partial charge in [-0.25, -0.2) is 4.79 Å². The zero-order chi connectivity index (χ0) is 17.3. The summed E-state index contributed by atoms with van der Waals surface area (Å²) in [4.78, 5) is 16.1. The van der Waals surface area contributed by atoms with Crippen molar-refractivity contribution in [3.8, 4) is 0 Å². The van der Waals surface area contributed by atoms with E-state index in [0.717, 1.165) is 29.7 Å². The van der Waals surface area contributed by atoms with Gasteiger partial charge in [-0.05, 0) is 39.0 Å². The lowest BCUT2D eigenvalue weighted by atomic mass is 10.2. The highest BCUT2D eigenvalue weighted by Crippen LogP contribution is 2.27. The van der Waals surface area contributed by atoms with Crippen LogP contribution in [0.1, 0.15) is 20.8 Å². The Labute approximate surface area is 145 Å². The third-order valence-corrected chi connectivity index (χ3v) is 4.48. The minimum Gasteiger partial charge on any atom is -0.444 e. The van der Waals surface area contributed by atoms with Crippen LogP contribution in [0.25, 0.3) is 10.9 Å². The van der Waals surface area contributed by atoms with Crippen LogP contribution in [0.15, 0.2) is 30.5 Å². The number of aromatic nitrogens is 1. The molecule has 2 heterocycles. The molecule has 2 aromatic rings. The van der Waals surface area contributed by atoms with E-state index in [2.05, 4.69) is 4.90 Å². The summed E-state index contributed by atoms with van der Waals surface area (Å²) in [6.07, 6.45) is 1.46. The van der Waals surface area contributed by atoms with Gasteiger partial charge in [-0.3, -0.25) is 3.97 Å². The molecule has 3 rings (SSSR count). The Morgan fingerprint density at radius 3 is 2.50 bits per heavy atom. The third-order valence-electron chi connectivity index (χ3n) is 4.01. The number of piperazine rings is 1. The average Bonchev–Trinajstić information content (AvgIpc) is 2.95. The number of benzene rings is 1. The molecule has 1 aliphatic heterocycles. The highest BCUT2D eigenvalue weighted by Gasteiger charge is 2.26. The molecule has 1 aromatic carbocycles. The van der Waals surface area contributed by atoms with Crippen LogP contribution >= 0.6 is 12.3 Å². The van der Waals surface area contributed by atoms with E-state index in [9.17, 15) is 8.68 Å². The molecule has 0 bridgehead atoms. The number of fused-ring (bicyclic) bond motifs is 1. The van der Waals surface area contributed by atoms with E-state index >= 15 is 0 Å². The first-order valence-electron chi connectivity index (χ1n) is 8.00. The molecular formula is C17H22FN3O2S. The van der Waals surface area contributed by atoms with Crippen molar-refractivity contribution >= 4 is 35.0 Å². The van der Waals surface area contributed by atoms with Gasteiger partial charge in [0.15, 0.2) is 12.3 Å². The molecule has 1 amide bonds. The van der Waals surface area contributed by atoms with Crippen LogP contribution in [0, 0.1) is 0 Å². The van der Waals surface area contributed by atoms with Crippen molar-refractivity contribution in [3.63, 3.8) is 0 Å². The van der Waals surface area contributed by atoms with Gasteiger partial charge in [0, 0.05) is 43.4 Å². The van der Waals surface area contributed by atoms with E-state index < -0.39 is 5.60 Å². The second-order valence-electron chi connectivity index (χ2n) is 6.91. The molecule has 0 saturated carbocycles. The van der Waals surface area contributed by atoms with E-state index in [1.165, 1.54) is 3.97 Å². The fourth-order valence-electron chi connectivity index (χ4n) is 2.82. The summed E-state index contributed by atoms with van der Waals surface area (Å²) in [6, 6.07) is 7.92. The fourth-order valence-corrected chi connectivity index (χ4v) is 3.16. The van der Waals surface area contributed by atoms with Gasteiger partial charge in [0.2, 0.25) is 0 Å². The van der Waals surface area contributed by atoms with Crippen molar-refractivity contribution < 1.29 is 13.4 Å². The van der Waals surface area contributed by atoms with Gasteiger partial charge in [-0.1, -0.05) is 6.07 Å². The largest absolute Gasteiger partial charge is 0.444 e. The maximum Gasteiger partial charge on any atom is 0.410 e. The number of anilines is 1. The lowest BCUT2D eigenvalue weighted by Gasteiger charge is -2.36. The summed E-state index contributed by atoms with van der Waals surface area (Å²) in [5.74, 6) is 0. The molecule has 0 atom stereocenters. The van der Waals surface area contributed by atoms with Crippen molar-refractivity contribution in [3.05, 3.63) is 30.5 Å². The SMILES string of the molecule is CC(C)(C)OC(=O)N1CCN(c2ccc3ccn(SF)c3c2)CC1. The van der Waals surface area contributed by atoms with Crippen LogP contribution in [0.2, 0.25) is 0 Å². The number of hydrogen-bond donors (Lipinski definition) is 0. The zero-order valence-corrected chi connectivity index (χ0v) is 15.0. The molecule has 0 N–H and O–H groups in total. The van der Waals surface area contributed by atoms with Crippen LogP contribution in [-0.4, -0.2) is 46.7 Å². The normalized spacial score (nSPS) is 15.8. The van der Waals surface area contributed by atoms with Crippen LogP contribution in [-0.2, 0) is 4.74 Å². The number of halogens is 1. The molecule has 1 saturated heterocycles. The van der Waals surface area contributed by atoms with Gasteiger partial charge in [-0.2, -0.15) is 0 Å². The van der Waals surface area contributed by atoms with Crippen molar-refractivity contribution in [1.82, 2.24) is 8.87 Å². The molecule has 1 fully saturated rings. The fraction of sp³-hybridized carbons (Fsp3) is 0.471. The lowest BCUT2D eigenvalue weighted by Crippen LogP contribution is -2.50. The quantitative estimate of drug-likeness (QED) is 0.817. The van der Waals surface area contributed by atoms with Crippen molar-refractivity contribution in [2.45, 2.75) is 26.4 Å². The first-order chi connectivity index (χ1) is 11.4. The Kier molecular flexibility index (Phi) is 4.62. The second-order valence-corrected chi connectivity index (χ2v) is 7.44. The molecule has 0 unspecified atom stereocenters. The topological polar surface area (TPSA) is 37.7 Å². The third kappa shape index (κ3) is 3.61. The second kappa shape index (κ2) is 6.55. The Morgan fingerprint density at radius 2 is 1.88 bits per heavy atom. The predicted octanol–water partition coefficient (Wildman–Crippen LogP) is 4.08. The number of amides is 1. The van der Waals surface area contributed by atoms with Gasteiger partial charge in [0.1, 0.15) is 5.60 Å². The first-order valence-corrected chi connectivity index (χ1v) is 8.68. The Balaban J connectivity index is 1.67. The minimum atomic E-state index is -0.477. The Bertz CT molecular complexity index is 733.